The molecule has 6 nitrogen and oxygen atoms in total. The summed E-state index contributed by atoms with van der Waals surface area (Å²) in [5.74, 6) is -0.512. The van der Waals surface area contributed by atoms with Gasteiger partial charge in [0, 0.05) is 19.3 Å². The predicted molar refractivity (Wildman–Crippen MR) is 67.8 cm³/mol. The van der Waals surface area contributed by atoms with Gasteiger partial charge in [0.25, 0.3) is 0 Å². The van der Waals surface area contributed by atoms with Crippen molar-refractivity contribution in [2.75, 3.05) is 23.7 Å². The molecule has 1 aliphatic rings. The molecule has 0 spiro atoms. The quantitative estimate of drug-likeness (QED) is 0.814. The van der Waals surface area contributed by atoms with Crippen molar-refractivity contribution in [3.63, 3.8) is 0 Å². The zero-order valence-corrected chi connectivity index (χ0v) is 10.5. The van der Waals surface area contributed by atoms with Crippen molar-refractivity contribution in [2.45, 2.75) is 26.1 Å². The molecule has 1 aromatic rings. The Hall–Kier alpha value is -1.82. The maximum Gasteiger partial charge on any atom is 0.337 e. The summed E-state index contributed by atoms with van der Waals surface area (Å²) in [5, 5.41) is 9.04. The molecule has 1 aromatic heterocycles. The molecule has 98 valence electrons. The van der Waals surface area contributed by atoms with E-state index in [2.05, 4.69) is 4.98 Å². The van der Waals surface area contributed by atoms with Crippen LogP contribution in [-0.2, 0) is 4.74 Å². The average Bonchev–Trinajstić information content (AvgIpc) is 2.27. The van der Waals surface area contributed by atoms with E-state index < -0.39 is 5.97 Å². The second-order valence-corrected chi connectivity index (χ2v) is 4.56. The number of morpholine rings is 1. The Kier molecular flexibility index (Phi) is 3.38. The second kappa shape index (κ2) is 4.81. The molecule has 1 aliphatic heterocycles. The van der Waals surface area contributed by atoms with Crippen LogP contribution >= 0.6 is 0 Å². The highest BCUT2D eigenvalue weighted by Gasteiger charge is 2.25. The van der Waals surface area contributed by atoms with Crippen molar-refractivity contribution in [1.29, 1.82) is 0 Å². The molecule has 0 bridgehead atoms. The first kappa shape index (κ1) is 12.6. The summed E-state index contributed by atoms with van der Waals surface area (Å²) in [4.78, 5) is 17.2. The van der Waals surface area contributed by atoms with Gasteiger partial charge < -0.3 is 20.5 Å². The SMILES string of the molecule is C[C@@H]1CN(c2nccc(C(=O)O)c2N)C[C@H](C)O1. The summed E-state index contributed by atoms with van der Waals surface area (Å²) in [6.45, 7) is 5.26. The van der Waals surface area contributed by atoms with E-state index in [0.717, 1.165) is 0 Å². The summed E-state index contributed by atoms with van der Waals surface area (Å²) < 4.78 is 5.63. The van der Waals surface area contributed by atoms with Crippen LogP contribution in [0, 0.1) is 0 Å². The van der Waals surface area contributed by atoms with E-state index in [1.54, 1.807) is 0 Å². The van der Waals surface area contributed by atoms with Gasteiger partial charge in [-0.3, -0.25) is 0 Å². The van der Waals surface area contributed by atoms with Crippen LogP contribution in [0.15, 0.2) is 12.3 Å². The second-order valence-electron chi connectivity index (χ2n) is 4.56. The lowest BCUT2D eigenvalue weighted by atomic mass is 10.2. The molecule has 3 N–H and O–H groups in total. The number of anilines is 2. The Morgan fingerprint density at radius 3 is 2.67 bits per heavy atom. The van der Waals surface area contributed by atoms with Crippen LogP contribution < -0.4 is 10.6 Å². The van der Waals surface area contributed by atoms with E-state index in [-0.39, 0.29) is 23.5 Å². The molecule has 2 rings (SSSR count). The standard InChI is InChI=1S/C12H17N3O3/c1-7-5-15(6-8(2)18-7)11-10(13)9(12(16)17)3-4-14-11/h3-4,7-8H,5-6,13H2,1-2H3,(H,16,17)/t7-,8+. The molecule has 18 heavy (non-hydrogen) atoms. The molecular formula is C12H17N3O3. The first-order valence-electron chi connectivity index (χ1n) is 5.87. The molecule has 0 aliphatic carbocycles. The first-order chi connectivity index (χ1) is 8.49. The molecule has 2 heterocycles. The van der Waals surface area contributed by atoms with Gasteiger partial charge in [-0.2, -0.15) is 0 Å². The Morgan fingerprint density at radius 2 is 2.11 bits per heavy atom. The number of ether oxygens (including phenoxy) is 1. The average molecular weight is 251 g/mol. The largest absolute Gasteiger partial charge is 0.478 e. The summed E-state index contributed by atoms with van der Waals surface area (Å²) in [6.07, 6.45) is 1.62. The van der Waals surface area contributed by atoms with Gasteiger partial charge in [-0.25, -0.2) is 9.78 Å². The fourth-order valence-electron chi connectivity index (χ4n) is 2.25. The fraction of sp³-hybridized carbons (Fsp3) is 0.500. The third kappa shape index (κ3) is 2.38. The van der Waals surface area contributed by atoms with Crippen LogP contribution in [0.2, 0.25) is 0 Å². The number of nitrogens with two attached hydrogens (primary N) is 1. The molecule has 0 amide bonds. The summed E-state index contributed by atoms with van der Waals surface area (Å²) in [7, 11) is 0. The zero-order chi connectivity index (χ0) is 13.3. The molecule has 0 aromatic carbocycles. The van der Waals surface area contributed by atoms with Crippen molar-refractivity contribution in [3.05, 3.63) is 17.8 Å². The van der Waals surface area contributed by atoms with Crippen LogP contribution in [-0.4, -0.2) is 41.4 Å². The summed E-state index contributed by atoms with van der Waals surface area (Å²) in [6, 6.07) is 1.41. The number of nitrogens with zero attached hydrogens (tertiary/aromatic N) is 2. The van der Waals surface area contributed by atoms with Gasteiger partial charge >= 0.3 is 5.97 Å². The first-order valence-corrected chi connectivity index (χ1v) is 5.87. The smallest absolute Gasteiger partial charge is 0.337 e. The number of carboxylic acid groups (broad SMARTS) is 1. The van der Waals surface area contributed by atoms with Gasteiger partial charge in [0.05, 0.1) is 23.5 Å². The van der Waals surface area contributed by atoms with Gasteiger partial charge in [0.1, 0.15) is 0 Å². The minimum atomic E-state index is -1.04. The number of carboxylic acids is 1. The number of aromatic nitrogens is 1. The van der Waals surface area contributed by atoms with Crippen LogP contribution in [0.3, 0.4) is 0 Å². The Bertz CT molecular complexity index is 454. The van der Waals surface area contributed by atoms with Crippen molar-refractivity contribution in [3.8, 4) is 0 Å². The van der Waals surface area contributed by atoms with E-state index in [1.807, 2.05) is 18.7 Å². The highest BCUT2D eigenvalue weighted by molar-refractivity contribution is 5.96. The van der Waals surface area contributed by atoms with Gasteiger partial charge in [0.2, 0.25) is 0 Å². The normalized spacial score (nSPS) is 24.0. The van der Waals surface area contributed by atoms with Gasteiger partial charge in [-0.15, -0.1) is 0 Å². The molecule has 0 radical (unpaired) electrons. The Balaban J connectivity index is 2.33. The number of pyridine rings is 1. The summed E-state index contributed by atoms with van der Waals surface area (Å²) >= 11 is 0. The lowest BCUT2D eigenvalue weighted by Gasteiger charge is -2.36. The Morgan fingerprint density at radius 1 is 1.50 bits per heavy atom. The van der Waals surface area contributed by atoms with Crippen LogP contribution in [0.5, 0.6) is 0 Å². The number of aromatic carboxylic acids is 1. The van der Waals surface area contributed by atoms with Crippen molar-refractivity contribution < 1.29 is 14.6 Å². The highest BCUT2D eigenvalue weighted by atomic mass is 16.5. The maximum atomic E-state index is 11.0. The van der Waals surface area contributed by atoms with Crippen LogP contribution in [0.25, 0.3) is 0 Å². The van der Waals surface area contributed by atoms with Crippen molar-refractivity contribution >= 4 is 17.5 Å². The maximum absolute atomic E-state index is 11.0. The van der Waals surface area contributed by atoms with E-state index in [4.69, 9.17) is 15.6 Å². The van der Waals surface area contributed by atoms with Gasteiger partial charge in [0.15, 0.2) is 5.82 Å². The number of nitrogen functional groups attached to an aromatic ring is 1. The number of hydrogen-bond acceptors (Lipinski definition) is 5. The topological polar surface area (TPSA) is 88.7 Å². The molecule has 6 heteroatoms. The summed E-state index contributed by atoms with van der Waals surface area (Å²) in [5.41, 5.74) is 6.18. The Labute approximate surface area is 105 Å². The number of carbonyl (C=O) groups is 1. The van der Waals surface area contributed by atoms with E-state index in [0.29, 0.717) is 18.9 Å². The number of rotatable bonds is 2. The monoisotopic (exact) mass is 251 g/mol. The lowest BCUT2D eigenvalue weighted by Crippen LogP contribution is -2.46. The van der Waals surface area contributed by atoms with E-state index in [9.17, 15) is 4.79 Å². The molecule has 2 atom stereocenters. The van der Waals surface area contributed by atoms with E-state index in [1.165, 1.54) is 12.3 Å². The molecule has 0 unspecified atom stereocenters. The van der Waals surface area contributed by atoms with Crippen LogP contribution in [0.4, 0.5) is 11.5 Å². The fourth-order valence-corrected chi connectivity index (χ4v) is 2.25. The lowest BCUT2D eigenvalue weighted by molar-refractivity contribution is -0.00540. The van der Waals surface area contributed by atoms with Crippen molar-refractivity contribution in [2.24, 2.45) is 0 Å². The van der Waals surface area contributed by atoms with E-state index >= 15 is 0 Å². The minimum absolute atomic E-state index is 0.0726. The molecular weight excluding hydrogens is 234 g/mol. The third-order valence-electron chi connectivity index (χ3n) is 2.92. The van der Waals surface area contributed by atoms with Gasteiger partial charge in [-0.05, 0) is 19.9 Å². The van der Waals surface area contributed by atoms with Crippen LogP contribution in [0.1, 0.15) is 24.2 Å². The molecule has 0 saturated carbocycles. The highest BCUT2D eigenvalue weighted by Crippen LogP contribution is 2.26. The molecule has 1 saturated heterocycles. The zero-order valence-electron chi connectivity index (χ0n) is 10.5. The third-order valence-corrected chi connectivity index (χ3v) is 2.92. The van der Waals surface area contributed by atoms with Crippen molar-refractivity contribution in [1.82, 2.24) is 4.98 Å². The van der Waals surface area contributed by atoms with Gasteiger partial charge in [-0.1, -0.05) is 0 Å². The minimum Gasteiger partial charge on any atom is -0.478 e. The predicted octanol–water partition coefficient (Wildman–Crippen LogP) is 0.976. The number of hydrogen-bond donors (Lipinski definition) is 2. The molecule has 1 fully saturated rings.